The first-order valence-electron chi connectivity index (χ1n) is 8.05. The number of rotatable bonds is 5. The number of nitrogens with one attached hydrogen (secondary N) is 2. The molecule has 2 heterocycles. The lowest BCUT2D eigenvalue weighted by Crippen LogP contribution is -2.43. The van der Waals surface area contributed by atoms with Crippen molar-refractivity contribution in [2.24, 2.45) is 0 Å². The number of fused-ring (bicyclic) bond motifs is 1. The monoisotopic (exact) mass is 314 g/mol. The Bertz CT molecular complexity index is 779. The van der Waals surface area contributed by atoms with Gasteiger partial charge in [0.25, 0.3) is 5.56 Å². The van der Waals surface area contributed by atoms with E-state index in [1.807, 2.05) is 30.3 Å². The maximum atomic E-state index is 12.2. The van der Waals surface area contributed by atoms with Crippen LogP contribution in [0.3, 0.4) is 0 Å². The van der Waals surface area contributed by atoms with Crippen LogP contribution in [0.15, 0.2) is 39.9 Å². The van der Waals surface area contributed by atoms with E-state index >= 15 is 0 Å². The fourth-order valence-corrected chi connectivity index (χ4v) is 3.00. The van der Waals surface area contributed by atoms with Crippen molar-refractivity contribution in [3.8, 4) is 0 Å². The number of hydrogen-bond acceptors (Lipinski definition) is 4. The van der Waals surface area contributed by atoms with E-state index in [0.717, 1.165) is 19.4 Å². The molecule has 0 fully saturated rings. The Kier molecular flexibility index (Phi) is 4.62. The molecule has 0 radical (unpaired) electrons. The molecule has 0 saturated heterocycles. The van der Waals surface area contributed by atoms with Crippen molar-refractivity contribution in [2.45, 2.75) is 32.9 Å². The third-order valence-electron chi connectivity index (χ3n) is 4.15. The van der Waals surface area contributed by atoms with Crippen molar-refractivity contribution in [2.75, 3.05) is 18.5 Å². The molecule has 1 aromatic heterocycles. The van der Waals surface area contributed by atoms with Gasteiger partial charge < -0.3 is 5.32 Å². The van der Waals surface area contributed by atoms with Crippen LogP contribution in [-0.4, -0.2) is 27.7 Å². The summed E-state index contributed by atoms with van der Waals surface area (Å²) in [7, 11) is 0. The Hall–Kier alpha value is -2.34. The topological polar surface area (TPSA) is 70.1 Å². The summed E-state index contributed by atoms with van der Waals surface area (Å²) in [6, 6.07) is 10.0. The number of aromatic nitrogens is 2. The summed E-state index contributed by atoms with van der Waals surface area (Å²) in [6.07, 6.45) is 1.78. The van der Waals surface area contributed by atoms with Gasteiger partial charge in [0.1, 0.15) is 5.82 Å². The van der Waals surface area contributed by atoms with E-state index in [4.69, 9.17) is 0 Å². The lowest BCUT2D eigenvalue weighted by Gasteiger charge is -2.30. The minimum Gasteiger partial charge on any atom is -0.358 e. The minimum atomic E-state index is -0.346. The summed E-state index contributed by atoms with van der Waals surface area (Å²) in [5, 5.41) is 3.25. The third kappa shape index (κ3) is 3.37. The van der Waals surface area contributed by atoms with Crippen LogP contribution in [0.2, 0.25) is 0 Å². The largest absolute Gasteiger partial charge is 0.358 e. The number of benzene rings is 1. The van der Waals surface area contributed by atoms with Gasteiger partial charge in [-0.1, -0.05) is 37.3 Å². The molecule has 1 aliphatic rings. The molecule has 0 aliphatic carbocycles. The highest BCUT2D eigenvalue weighted by atomic mass is 16.2. The molecule has 3 rings (SSSR count). The van der Waals surface area contributed by atoms with Crippen LogP contribution >= 0.6 is 0 Å². The Balaban J connectivity index is 1.88. The van der Waals surface area contributed by atoms with E-state index in [2.05, 4.69) is 22.1 Å². The van der Waals surface area contributed by atoms with E-state index in [1.54, 1.807) is 4.57 Å². The Morgan fingerprint density at radius 1 is 1.13 bits per heavy atom. The average Bonchev–Trinajstić information content (AvgIpc) is 2.56. The van der Waals surface area contributed by atoms with E-state index < -0.39 is 0 Å². The molecule has 0 spiro atoms. The van der Waals surface area contributed by atoms with Crippen LogP contribution < -0.4 is 16.6 Å². The standard InChI is InChI=1S/C17H22N4O2/c1-2-9-20-11-14-15(18-12-20)21(17(23)19-16(14)22)10-8-13-6-4-3-5-7-13/h3-7,18H,2,8-12H2,1H3,(H,19,22,23). The van der Waals surface area contributed by atoms with Gasteiger partial charge in [0.05, 0.1) is 12.2 Å². The average molecular weight is 314 g/mol. The molecule has 0 bridgehead atoms. The Labute approximate surface area is 134 Å². The van der Waals surface area contributed by atoms with Gasteiger partial charge in [-0.25, -0.2) is 4.79 Å². The summed E-state index contributed by atoms with van der Waals surface area (Å²) in [5.41, 5.74) is 1.19. The van der Waals surface area contributed by atoms with Crippen molar-refractivity contribution in [1.29, 1.82) is 0 Å². The summed E-state index contributed by atoms with van der Waals surface area (Å²) in [5.74, 6) is 0.669. The number of aromatic amines is 1. The van der Waals surface area contributed by atoms with Gasteiger partial charge in [-0.15, -0.1) is 0 Å². The third-order valence-corrected chi connectivity index (χ3v) is 4.15. The van der Waals surface area contributed by atoms with Crippen molar-refractivity contribution in [3.05, 3.63) is 62.3 Å². The molecular formula is C17H22N4O2. The molecule has 1 aromatic carbocycles. The number of hydrogen-bond donors (Lipinski definition) is 2. The van der Waals surface area contributed by atoms with Crippen molar-refractivity contribution < 1.29 is 0 Å². The molecule has 0 amide bonds. The summed E-state index contributed by atoms with van der Waals surface area (Å²) < 4.78 is 1.65. The molecular weight excluding hydrogens is 292 g/mol. The van der Waals surface area contributed by atoms with Crippen molar-refractivity contribution in [1.82, 2.24) is 14.5 Å². The first-order valence-corrected chi connectivity index (χ1v) is 8.05. The van der Waals surface area contributed by atoms with E-state index in [-0.39, 0.29) is 11.2 Å². The predicted molar refractivity (Wildman–Crippen MR) is 90.7 cm³/mol. The fraction of sp³-hybridized carbons (Fsp3) is 0.412. The highest BCUT2D eigenvalue weighted by Gasteiger charge is 2.22. The molecule has 0 atom stereocenters. The normalized spacial score (nSPS) is 14.3. The van der Waals surface area contributed by atoms with Crippen LogP contribution in [0.1, 0.15) is 24.5 Å². The maximum Gasteiger partial charge on any atom is 0.329 e. The second kappa shape index (κ2) is 6.83. The predicted octanol–water partition coefficient (Wildman–Crippen LogP) is 1.37. The van der Waals surface area contributed by atoms with Crippen molar-refractivity contribution in [3.63, 3.8) is 0 Å². The van der Waals surface area contributed by atoms with Crippen LogP contribution in [0.25, 0.3) is 0 Å². The number of anilines is 1. The van der Waals surface area contributed by atoms with E-state index in [1.165, 1.54) is 5.56 Å². The quantitative estimate of drug-likeness (QED) is 0.874. The summed E-state index contributed by atoms with van der Waals surface area (Å²) in [6.45, 7) is 4.82. The lowest BCUT2D eigenvalue weighted by molar-refractivity contribution is 0.271. The first kappa shape index (κ1) is 15.6. The molecule has 6 heteroatoms. The maximum absolute atomic E-state index is 12.2. The van der Waals surface area contributed by atoms with Gasteiger partial charge in [0, 0.05) is 13.1 Å². The molecule has 2 aromatic rings. The van der Waals surface area contributed by atoms with E-state index in [9.17, 15) is 9.59 Å². The number of aryl methyl sites for hydroxylation is 1. The Morgan fingerprint density at radius 2 is 1.91 bits per heavy atom. The van der Waals surface area contributed by atoms with Gasteiger partial charge in [0.2, 0.25) is 0 Å². The Morgan fingerprint density at radius 3 is 2.65 bits per heavy atom. The molecule has 0 unspecified atom stereocenters. The van der Waals surface area contributed by atoms with Crippen LogP contribution in [-0.2, 0) is 19.5 Å². The fourth-order valence-electron chi connectivity index (χ4n) is 3.00. The van der Waals surface area contributed by atoms with E-state index in [0.29, 0.717) is 31.1 Å². The van der Waals surface area contributed by atoms with Crippen LogP contribution in [0.5, 0.6) is 0 Å². The molecule has 23 heavy (non-hydrogen) atoms. The SMILES string of the molecule is CCCN1CNc2c(c(=O)[nH]c(=O)n2CCc2ccccc2)C1. The molecule has 0 saturated carbocycles. The van der Waals surface area contributed by atoms with Crippen molar-refractivity contribution >= 4 is 5.82 Å². The smallest absolute Gasteiger partial charge is 0.329 e. The molecule has 2 N–H and O–H groups in total. The highest BCUT2D eigenvalue weighted by molar-refractivity contribution is 5.45. The molecule has 1 aliphatic heterocycles. The van der Waals surface area contributed by atoms with Gasteiger partial charge in [-0.05, 0) is 24.9 Å². The minimum absolute atomic E-state index is 0.283. The molecule has 6 nitrogen and oxygen atoms in total. The van der Waals surface area contributed by atoms with Gasteiger partial charge in [-0.3, -0.25) is 19.2 Å². The summed E-state index contributed by atoms with van der Waals surface area (Å²) in [4.78, 5) is 28.9. The first-order chi connectivity index (χ1) is 11.2. The number of nitrogens with zero attached hydrogens (tertiary/aromatic N) is 2. The second-order valence-corrected chi connectivity index (χ2v) is 5.86. The second-order valence-electron chi connectivity index (χ2n) is 5.86. The zero-order chi connectivity index (χ0) is 16.2. The van der Waals surface area contributed by atoms with Gasteiger partial charge in [0.15, 0.2) is 0 Å². The summed E-state index contributed by atoms with van der Waals surface area (Å²) >= 11 is 0. The lowest BCUT2D eigenvalue weighted by atomic mass is 10.1. The van der Waals surface area contributed by atoms with Crippen LogP contribution in [0, 0.1) is 0 Å². The van der Waals surface area contributed by atoms with Crippen LogP contribution in [0.4, 0.5) is 5.82 Å². The highest BCUT2D eigenvalue weighted by Crippen LogP contribution is 2.17. The zero-order valence-electron chi connectivity index (χ0n) is 13.3. The van der Waals surface area contributed by atoms with Gasteiger partial charge >= 0.3 is 5.69 Å². The number of H-pyrrole nitrogens is 1. The zero-order valence-corrected chi connectivity index (χ0v) is 13.3. The molecule has 122 valence electrons. The van der Waals surface area contributed by atoms with Gasteiger partial charge in [-0.2, -0.15) is 0 Å².